The maximum Gasteiger partial charge on any atom is 0.321 e. The molecular formula is C20H14N2O4. The van der Waals surface area contributed by atoms with Gasteiger partial charge in [-0.2, -0.15) is 0 Å². The highest BCUT2D eigenvalue weighted by atomic mass is 16.6. The van der Waals surface area contributed by atoms with Gasteiger partial charge in [0.2, 0.25) is 6.41 Å². The van der Waals surface area contributed by atoms with E-state index in [9.17, 15) is 14.9 Å². The molecule has 0 unspecified atom stereocenters. The van der Waals surface area contributed by atoms with Crippen molar-refractivity contribution in [3.63, 3.8) is 0 Å². The molecule has 3 aromatic rings. The fourth-order valence-electron chi connectivity index (χ4n) is 3.12. The molecule has 0 radical (unpaired) electrons. The van der Waals surface area contributed by atoms with Crippen molar-refractivity contribution in [1.29, 1.82) is 0 Å². The molecule has 2 bridgehead atoms. The van der Waals surface area contributed by atoms with Crippen LogP contribution in [0.2, 0.25) is 0 Å². The summed E-state index contributed by atoms with van der Waals surface area (Å²) in [5, 5.41) is 11.5. The average molecular weight is 346 g/mol. The molecule has 0 saturated carbocycles. The van der Waals surface area contributed by atoms with Gasteiger partial charge >= 0.3 is 5.69 Å². The van der Waals surface area contributed by atoms with E-state index in [0.29, 0.717) is 23.4 Å². The van der Waals surface area contributed by atoms with Crippen molar-refractivity contribution in [2.45, 2.75) is 6.61 Å². The minimum Gasteiger partial charge on any atom is -0.486 e. The molecule has 0 aromatic heterocycles. The number of carbonyl (C=O) groups excluding carboxylic acids is 1. The number of nitro groups is 1. The van der Waals surface area contributed by atoms with Crippen molar-refractivity contribution < 1.29 is 14.5 Å². The Bertz CT molecular complexity index is 988. The Labute approximate surface area is 149 Å². The number of hydrogen-bond donors (Lipinski definition) is 0. The number of ether oxygens (including phenoxy) is 1. The summed E-state index contributed by atoms with van der Waals surface area (Å²) >= 11 is 0. The highest BCUT2D eigenvalue weighted by Crippen LogP contribution is 2.60. The molecule has 1 amide bonds. The SMILES string of the molecule is O=CN1c2c(OCc3ccccc3)cc(-c3ccccc3)c1c2[N+](=O)[O-]. The second-order valence-electron chi connectivity index (χ2n) is 5.84. The van der Waals surface area contributed by atoms with E-state index < -0.39 is 4.92 Å². The number of nitro benzene ring substituents is 1. The Morgan fingerprint density at radius 1 is 1.00 bits per heavy atom. The van der Waals surface area contributed by atoms with Crippen molar-refractivity contribution in [2.75, 3.05) is 4.90 Å². The van der Waals surface area contributed by atoms with Crippen LogP contribution in [0.1, 0.15) is 5.56 Å². The summed E-state index contributed by atoms with van der Waals surface area (Å²) in [6.07, 6.45) is 0.583. The third-order valence-corrected chi connectivity index (χ3v) is 4.30. The number of benzene rings is 3. The molecule has 0 aliphatic carbocycles. The zero-order valence-corrected chi connectivity index (χ0v) is 13.7. The van der Waals surface area contributed by atoms with Crippen molar-refractivity contribution >= 4 is 23.5 Å². The fraction of sp³-hybridized carbons (Fsp3) is 0.0500. The Morgan fingerprint density at radius 2 is 1.65 bits per heavy atom. The highest BCUT2D eigenvalue weighted by Gasteiger charge is 2.44. The zero-order valence-electron chi connectivity index (χ0n) is 13.7. The second-order valence-corrected chi connectivity index (χ2v) is 5.84. The number of anilines is 2. The topological polar surface area (TPSA) is 72.7 Å². The molecule has 3 aromatic carbocycles. The van der Waals surface area contributed by atoms with Gasteiger partial charge in [0.1, 0.15) is 12.3 Å². The van der Waals surface area contributed by atoms with E-state index in [4.69, 9.17) is 4.74 Å². The van der Waals surface area contributed by atoms with Crippen LogP contribution in [0.3, 0.4) is 0 Å². The first-order valence-electron chi connectivity index (χ1n) is 8.02. The number of fused-ring (bicyclic) bond motifs is 2. The molecule has 26 heavy (non-hydrogen) atoms. The van der Waals surface area contributed by atoms with E-state index >= 15 is 0 Å². The third kappa shape index (κ3) is 2.48. The van der Waals surface area contributed by atoms with Crippen LogP contribution in [0.5, 0.6) is 5.75 Å². The second kappa shape index (κ2) is 6.33. The molecule has 6 heteroatoms. The predicted molar refractivity (Wildman–Crippen MR) is 97.5 cm³/mol. The molecule has 2 heterocycles. The van der Waals surface area contributed by atoms with Crippen LogP contribution in [-0.2, 0) is 11.4 Å². The van der Waals surface area contributed by atoms with Crippen LogP contribution in [-0.4, -0.2) is 11.3 Å². The van der Waals surface area contributed by atoms with Crippen LogP contribution in [0.25, 0.3) is 11.1 Å². The minimum atomic E-state index is -0.466. The van der Waals surface area contributed by atoms with Gasteiger partial charge < -0.3 is 4.74 Å². The first kappa shape index (κ1) is 15.8. The molecule has 0 N–H and O–H groups in total. The van der Waals surface area contributed by atoms with E-state index in [2.05, 4.69) is 0 Å². The summed E-state index contributed by atoms with van der Waals surface area (Å²) in [7, 11) is 0. The van der Waals surface area contributed by atoms with Gasteiger partial charge in [-0.3, -0.25) is 19.8 Å². The van der Waals surface area contributed by atoms with Gasteiger partial charge in [0.05, 0.1) is 4.92 Å². The third-order valence-electron chi connectivity index (χ3n) is 4.30. The molecule has 0 fully saturated rings. The summed E-state index contributed by atoms with van der Waals surface area (Å²) < 4.78 is 5.85. The standard InChI is InChI=1S/C20H14N2O4/c23-13-21-18-16(15-9-5-2-6-10-15)11-17(19(21)20(18)22(24)25)26-12-14-7-3-1-4-8-14/h1-11,13H,12H2. The Balaban J connectivity index is 1.81. The van der Waals surface area contributed by atoms with Crippen molar-refractivity contribution in [1.82, 2.24) is 0 Å². The lowest BCUT2D eigenvalue weighted by molar-refractivity contribution is -0.384. The van der Waals surface area contributed by atoms with Gasteiger partial charge in [0, 0.05) is 5.56 Å². The molecule has 5 rings (SSSR count). The molecule has 6 nitrogen and oxygen atoms in total. The Hall–Kier alpha value is -3.67. The van der Waals surface area contributed by atoms with Crippen molar-refractivity contribution in [2.24, 2.45) is 0 Å². The Kier molecular flexibility index (Phi) is 3.85. The van der Waals surface area contributed by atoms with E-state index in [0.717, 1.165) is 11.1 Å². The summed E-state index contributed by atoms with van der Waals surface area (Å²) in [6, 6.07) is 20.5. The quantitative estimate of drug-likeness (QED) is 0.375. The van der Waals surface area contributed by atoms with Gasteiger partial charge in [-0.05, 0) is 17.2 Å². The van der Waals surface area contributed by atoms with Crippen LogP contribution >= 0.6 is 0 Å². The van der Waals surface area contributed by atoms with E-state index in [1.807, 2.05) is 60.7 Å². The first-order valence-corrected chi connectivity index (χ1v) is 8.02. The fourth-order valence-corrected chi connectivity index (χ4v) is 3.12. The van der Waals surface area contributed by atoms with E-state index in [1.54, 1.807) is 6.07 Å². The molecular weight excluding hydrogens is 332 g/mol. The van der Waals surface area contributed by atoms with Gasteiger partial charge in [0.15, 0.2) is 11.4 Å². The van der Waals surface area contributed by atoms with Gasteiger partial charge in [-0.15, -0.1) is 0 Å². The maximum atomic E-state index is 11.5. The van der Waals surface area contributed by atoms with E-state index in [-0.39, 0.29) is 18.0 Å². The van der Waals surface area contributed by atoms with Gasteiger partial charge in [-0.1, -0.05) is 60.7 Å². The number of hydrogen-bond acceptors (Lipinski definition) is 4. The molecule has 2 aliphatic rings. The van der Waals surface area contributed by atoms with Gasteiger partial charge in [0.25, 0.3) is 0 Å². The van der Waals surface area contributed by atoms with Crippen LogP contribution in [0, 0.1) is 10.1 Å². The predicted octanol–water partition coefficient (Wildman–Crippen LogP) is 4.45. The zero-order chi connectivity index (χ0) is 18.1. The Morgan fingerprint density at radius 3 is 2.27 bits per heavy atom. The maximum absolute atomic E-state index is 11.5. The van der Waals surface area contributed by atoms with Crippen LogP contribution in [0.4, 0.5) is 17.1 Å². The van der Waals surface area contributed by atoms with Crippen molar-refractivity contribution in [3.05, 3.63) is 82.4 Å². The van der Waals surface area contributed by atoms with E-state index in [1.165, 1.54) is 4.90 Å². The lowest BCUT2D eigenvalue weighted by Gasteiger charge is -2.32. The monoisotopic (exact) mass is 346 g/mol. The normalized spacial score (nSPS) is 11.6. The summed E-state index contributed by atoms with van der Waals surface area (Å²) in [4.78, 5) is 23.9. The van der Waals surface area contributed by atoms with Crippen molar-refractivity contribution in [3.8, 4) is 16.9 Å². The lowest BCUT2D eigenvalue weighted by atomic mass is 9.94. The van der Waals surface area contributed by atoms with Crippen LogP contribution in [0.15, 0.2) is 66.7 Å². The van der Waals surface area contributed by atoms with Crippen LogP contribution < -0.4 is 9.64 Å². The first-order chi connectivity index (χ1) is 12.7. The largest absolute Gasteiger partial charge is 0.486 e. The lowest BCUT2D eigenvalue weighted by Crippen LogP contribution is -2.27. The molecule has 2 aliphatic heterocycles. The summed E-state index contributed by atoms with van der Waals surface area (Å²) in [6.45, 7) is 0.255. The molecule has 0 atom stereocenters. The molecule has 128 valence electrons. The number of carbonyl (C=O) groups is 1. The highest BCUT2D eigenvalue weighted by molar-refractivity contribution is 6.14. The smallest absolute Gasteiger partial charge is 0.321 e. The summed E-state index contributed by atoms with van der Waals surface area (Å²) in [5.74, 6) is 0.321. The number of amides is 1. The minimum absolute atomic E-state index is 0.0819. The van der Waals surface area contributed by atoms with Gasteiger partial charge in [-0.25, -0.2) is 0 Å². The summed E-state index contributed by atoms with van der Waals surface area (Å²) in [5.41, 5.74) is 2.75. The number of rotatable bonds is 6. The molecule has 0 saturated heterocycles. The number of nitrogens with zero attached hydrogens (tertiary/aromatic N) is 2. The average Bonchev–Trinajstić information content (AvgIpc) is 2.67. The molecule has 0 spiro atoms.